The molecule has 29 heavy (non-hydrogen) atoms. The van der Waals surface area contributed by atoms with Gasteiger partial charge in [-0.05, 0) is 29.2 Å². The number of para-hydroxylation sites is 1. The fourth-order valence-electron chi connectivity index (χ4n) is 3.91. The van der Waals surface area contributed by atoms with E-state index in [0.29, 0.717) is 19.5 Å². The third-order valence-corrected chi connectivity index (χ3v) is 5.49. The van der Waals surface area contributed by atoms with Gasteiger partial charge in [0.2, 0.25) is 5.91 Å². The second kappa shape index (κ2) is 8.99. The minimum atomic E-state index is 0.115. The van der Waals surface area contributed by atoms with Crippen LogP contribution in [0, 0.1) is 0 Å². The molecule has 2 aromatic carbocycles. The zero-order chi connectivity index (χ0) is 20.1. The van der Waals surface area contributed by atoms with Gasteiger partial charge >= 0.3 is 0 Å². The third-order valence-electron chi connectivity index (χ3n) is 5.49. The normalized spacial score (nSPS) is 17.5. The standard InChI is InChI=1S/C23H28N4O2/c1-24-23(26-14-20-13-17-7-4-5-10-21(17)29-20)25-12-6-11-22(28)27-15-18-8-2-3-9-19(18)16-27/h2-5,7-10,20H,6,11-16H2,1H3,(H2,24,25,26). The molecule has 0 spiro atoms. The number of ether oxygens (including phenoxy) is 1. The Labute approximate surface area is 172 Å². The molecule has 2 aromatic rings. The summed E-state index contributed by atoms with van der Waals surface area (Å²) in [5.41, 5.74) is 3.78. The molecule has 2 aliphatic heterocycles. The van der Waals surface area contributed by atoms with E-state index >= 15 is 0 Å². The van der Waals surface area contributed by atoms with Crippen LogP contribution in [0.3, 0.4) is 0 Å². The molecule has 0 bridgehead atoms. The summed E-state index contributed by atoms with van der Waals surface area (Å²) in [5, 5.41) is 6.61. The molecule has 1 atom stereocenters. The molecule has 0 aliphatic carbocycles. The lowest BCUT2D eigenvalue weighted by molar-refractivity contribution is -0.131. The first-order valence-corrected chi connectivity index (χ1v) is 10.3. The number of amides is 1. The van der Waals surface area contributed by atoms with Crippen LogP contribution < -0.4 is 15.4 Å². The Kier molecular flexibility index (Phi) is 5.98. The predicted molar refractivity (Wildman–Crippen MR) is 114 cm³/mol. The smallest absolute Gasteiger partial charge is 0.223 e. The van der Waals surface area contributed by atoms with Crippen molar-refractivity contribution in [2.45, 2.75) is 38.5 Å². The molecule has 0 radical (unpaired) electrons. The molecule has 2 heterocycles. The molecule has 1 unspecified atom stereocenters. The molecule has 2 aliphatic rings. The van der Waals surface area contributed by atoms with Crippen molar-refractivity contribution in [2.24, 2.45) is 4.99 Å². The number of hydrogen-bond acceptors (Lipinski definition) is 3. The van der Waals surface area contributed by atoms with Gasteiger partial charge in [-0.2, -0.15) is 0 Å². The Morgan fingerprint density at radius 1 is 1.07 bits per heavy atom. The van der Waals surface area contributed by atoms with Gasteiger partial charge < -0.3 is 20.3 Å². The average Bonchev–Trinajstić information content (AvgIpc) is 3.36. The summed E-state index contributed by atoms with van der Waals surface area (Å²) < 4.78 is 5.95. The quantitative estimate of drug-likeness (QED) is 0.450. The van der Waals surface area contributed by atoms with Crippen molar-refractivity contribution >= 4 is 11.9 Å². The summed E-state index contributed by atoms with van der Waals surface area (Å²) in [5.74, 6) is 1.93. The minimum absolute atomic E-state index is 0.115. The Balaban J connectivity index is 1.13. The van der Waals surface area contributed by atoms with Gasteiger partial charge in [0.05, 0.1) is 6.54 Å². The van der Waals surface area contributed by atoms with Gasteiger partial charge in [-0.1, -0.05) is 42.5 Å². The van der Waals surface area contributed by atoms with E-state index in [1.165, 1.54) is 16.7 Å². The number of rotatable bonds is 6. The second-order valence-electron chi connectivity index (χ2n) is 7.55. The van der Waals surface area contributed by atoms with Gasteiger partial charge in [-0.3, -0.25) is 9.79 Å². The van der Waals surface area contributed by atoms with Crippen molar-refractivity contribution < 1.29 is 9.53 Å². The number of guanidine groups is 1. The highest BCUT2D eigenvalue weighted by Gasteiger charge is 2.23. The molecule has 1 amide bonds. The molecule has 0 aromatic heterocycles. The van der Waals surface area contributed by atoms with E-state index in [4.69, 9.17) is 4.74 Å². The second-order valence-corrected chi connectivity index (χ2v) is 7.55. The van der Waals surface area contributed by atoms with Crippen molar-refractivity contribution in [2.75, 3.05) is 20.1 Å². The monoisotopic (exact) mass is 392 g/mol. The van der Waals surface area contributed by atoms with Crippen LogP contribution in [0.25, 0.3) is 0 Å². The van der Waals surface area contributed by atoms with E-state index in [1.807, 2.05) is 35.2 Å². The van der Waals surface area contributed by atoms with E-state index in [2.05, 4.69) is 33.8 Å². The first-order valence-electron chi connectivity index (χ1n) is 10.3. The lowest BCUT2D eigenvalue weighted by Crippen LogP contribution is -2.42. The van der Waals surface area contributed by atoms with Gasteiger partial charge in [0.25, 0.3) is 0 Å². The summed E-state index contributed by atoms with van der Waals surface area (Å²) >= 11 is 0. The maximum Gasteiger partial charge on any atom is 0.223 e. The maximum atomic E-state index is 12.5. The summed E-state index contributed by atoms with van der Waals surface area (Å²) in [6.07, 6.45) is 2.34. The van der Waals surface area contributed by atoms with Crippen molar-refractivity contribution in [3.05, 3.63) is 65.2 Å². The van der Waals surface area contributed by atoms with Gasteiger partial charge in [0.15, 0.2) is 5.96 Å². The maximum absolute atomic E-state index is 12.5. The van der Waals surface area contributed by atoms with Crippen LogP contribution in [0.4, 0.5) is 0 Å². The summed E-state index contributed by atoms with van der Waals surface area (Å²) in [7, 11) is 1.76. The number of nitrogens with one attached hydrogen (secondary N) is 2. The largest absolute Gasteiger partial charge is 0.488 e. The van der Waals surface area contributed by atoms with Gasteiger partial charge in [-0.25, -0.2) is 0 Å². The number of nitrogens with zero attached hydrogens (tertiary/aromatic N) is 2. The van der Waals surface area contributed by atoms with E-state index in [-0.39, 0.29) is 12.0 Å². The molecular weight excluding hydrogens is 364 g/mol. The van der Waals surface area contributed by atoms with Gasteiger partial charge in [-0.15, -0.1) is 0 Å². The molecule has 152 valence electrons. The topological polar surface area (TPSA) is 66.0 Å². The van der Waals surface area contributed by atoms with Crippen LogP contribution in [0.2, 0.25) is 0 Å². The molecular formula is C23H28N4O2. The fourth-order valence-corrected chi connectivity index (χ4v) is 3.91. The molecule has 6 heteroatoms. The van der Waals surface area contributed by atoms with Gasteiger partial charge in [0.1, 0.15) is 11.9 Å². The average molecular weight is 393 g/mol. The Bertz CT molecular complexity index is 846. The first kappa shape index (κ1) is 19.3. The summed E-state index contributed by atoms with van der Waals surface area (Å²) in [6, 6.07) is 16.4. The minimum Gasteiger partial charge on any atom is -0.488 e. The SMILES string of the molecule is CN=C(NCCCC(=O)N1Cc2ccccc2C1)NCC1Cc2ccccc2O1. The van der Waals surface area contributed by atoms with Crippen LogP contribution in [0.1, 0.15) is 29.5 Å². The van der Waals surface area contributed by atoms with Crippen LogP contribution >= 0.6 is 0 Å². The van der Waals surface area contributed by atoms with E-state index in [1.54, 1.807) is 7.05 Å². The number of benzene rings is 2. The van der Waals surface area contributed by atoms with Crippen LogP contribution in [0.15, 0.2) is 53.5 Å². The van der Waals surface area contributed by atoms with Crippen LogP contribution in [-0.2, 0) is 24.3 Å². The Morgan fingerprint density at radius 3 is 2.45 bits per heavy atom. The highest BCUT2D eigenvalue weighted by Crippen LogP contribution is 2.27. The number of carbonyl (C=O) groups is 1. The van der Waals surface area contributed by atoms with Gasteiger partial charge in [0, 0.05) is 39.5 Å². The molecule has 0 saturated heterocycles. The van der Waals surface area contributed by atoms with Crippen LogP contribution in [0.5, 0.6) is 5.75 Å². The van der Waals surface area contributed by atoms with Crippen molar-refractivity contribution in [3.8, 4) is 5.75 Å². The van der Waals surface area contributed by atoms with E-state index in [0.717, 1.165) is 37.6 Å². The lowest BCUT2D eigenvalue weighted by Gasteiger charge is -2.17. The highest BCUT2D eigenvalue weighted by atomic mass is 16.5. The number of aliphatic imine (C=N–C) groups is 1. The fraction of sp³-hybridized carbons (Fsp3) is 0.391. The van der Waals surface area contributed by atoms with Crippen molar-refractivity contribution in [1.82, 2.24) is 15.5 Å². The highest BCUT2D eigenvalue weighted by molar-refractivity contribution is 5.80. The molecule has 2 N–H and O–H groups in total. The third kappa shape index (κ3) is 4.70. The number of hydrogen-bond donors (Lipinski definition) is 2. The van der Waals surface area contributed by atoms with Crippen molar-refractivity contribution in [1.29, 1.82) is 0 Å². The molecule has 0 saturated carbocycles. The lowest BCUT2D eigenvalue weighted by atomic mass is 10.1. The van der Waals surface area contributed by atoms with E-state index in [9.17, 15) is 4.79 Å². The van der Waals surface area contributed by atoms with Crippen molar-refractivity contribution in [3.63, 3.8) is 0 Å². The summed E-state index contributed by atoms with van der Waals surface area (Å²) in [6.45, 7) is 2.86. The van der Waals surface area contributed by atoms with Crippen LogP contribution in [-0.4, -0.2) is 43.0 Å². The zero-order valence-corrected chi connectivity index (χ0v) is 16.9. The zero-order valence-electron chi connectivity index (χ0n) is 16.9. The predicted octanol–water partition coefficient (Wildman–Crippen LogP) is 2.48. The Hall–Kier alpha value is -3.02. The number of carbonyl (C=O) groups excluding carboxylic acids is 1. The molecule has 6 nitrogen and oxygen atoms in total. The Morgan fingerprint density at radius 2 is 1.76 bits per heavy atom. The summed E-state index contributed by atoms with van der Waals surface area (Å²) in [4.78, 5) is 18.7. The molecule has 0 fully saturated rings. The first-order chi connectivity index (χ1) is 14.2. The molecule has 4 rings (SSSR count). The van der Waals surface area contributed by atoms with E-state index < -0.39 is 0 Å². The number of fused-ring (bicyclic) bond motifs is 2.